The average Bonchev–Trinajstić information content (AvgIpc) is 2.67. The van der Waals surface area contributed by atoms with Crippen LogP contribution in [0.15, 0.2) is 35.2 Å². The number of carbonyl (C=O) groups excluding carboxylic acids is 1. The van der Waals surface area contributed by atoms with E-state index in [1.807, 2.05) is 30.3 Å². The summed E-state index contributed by atoms with van der Waals surface area (Å²) in [5.41, 5.74) is 0.884. The smallest absolute Gasteiger partial charge is 0.327 e. The van der Waals surface area contributed by atoms with Gasteiger partial charge in [0, 0.05) is 0 Å². The maximum absolute atomic E-state index is 12.5. The molecule has 0 radical (unpaired) electrons. The third kappa shape index (κ3) is 3.33. The number of rotatable bonds is 4. The number of carboxylic acids is 1. The second-order valence-electron chi connectivity index (χ2n) is 4.99. The Kier molecular flexibility index (Phi) is 4.80. The van der Waals surface area contributed by atoms with E-state index in [1.165, 1.54) is 4.90 Å². The number of amides is 1. The van der Waals surface area contributed by atoms with Gasteiger partial charge in [-0.2, -0.15) is 0 Å². The number of carbonyl (C=O) groups is 2. The van der Waals surface area contributed by atoms with Crippen LogP contribution in [0, 0.1) is 5.92 Å². The standard InChI is InChI=1S/C15H15NO3S2/c1-9(2)12(14(18)19)16-13(17)11(21-15(16)20)8-10-6-4-3-5-7-10/h3-9,12H,1-2H3,(H,18,19)/b11-8+. The molecule has 1 aromatic rings. The van der Waals surface area contributed by atoms with Crippen LogP contribution in [0.25, 0.3) is 6.08 Å². The summed E-state index contributed by atoms with van der Waals surface area (Å²) < 4.78 is 0.295. The molecule has 0 aromatic heterocycles. The van der Waals surface area contributed by atoms with E-state index in [9.17, 15) is 14.7 Å². The van der Waals surface area contributed by atoms with Crippen molar-refractivity contribution in [1.82, 2.24) is 4.90 Å². The Hall–Kier alpha value is -1.66. The fourth-order valence-corrected chi connectivity index (χ4v) is 3.44. The topological polar surface area (TPSA) is 57.6 Å². The van der Waals surface area contributed by atoms with E-state index in [0.29, 0.717) is 9.23 Å². The summed E-state index contributed by atoms with van der Waals surface area (Å²) in [4.78, 5) is 25.5. The van der Waals surface area contributed by atoms with Gasteiger partial charge >= 0.3 is 5.97 Å². The monoisotopic (exact) mass is 321 g/mol. The maximum Gasteiger partial charge on any atom is 0.327 e. The number of thioether (sulfide) groups is 1. The fraction of sp³-hybridized carbons (Fsp3) is 0.267. The second-order valence-corrected chi connectivity index (χ2v) is 6.67. The van der Waals surface area contributed by atoms with Gasteiger partial charge < -0.3 is 5.11 Å². The van der Waals surface area contributed by atoms with Gasteiger partial charge in [0.25, 0.3) is 5.91 Å². The van der Waals surface area contributed by atoms with E-state index >= 15 is 0 Å². The molecule has 21 heavy (non-hydrogen) atoms. The van der Waals surface area contributed by atoms with Crippen LogP contribution < -0.4 is 0 Å². The Balaban J connectivity index is 2.32. The Morgan fingerprint density at radius 1 is 1.33 bits per heavy atom. The highest BCUT2D eigenvalue weighted by atomic mass is 32.2. The Bertz CT molecular complexity index is 611. The van der Waals surface area contributed by atoms with E-state index in [1.54, 1.807) is 19.9 Å². The first kappa shape index (κ1) is 15.7. The van der Waals surface area contributed by atoms with Crippen LogP contribution in [0.5, 0.6) is 0 Å². The quantitative estimate of drug-likeness (QED) is 0.682. The largest absolute Gasteiger partial charge is 0.480 e. The molecular formula is C15H15NO3S2. The minimum atomic E-state index is -1.04. The van der Waals surface area contributed by atoms with Crippen molar-refractivity contribution in [2.45, 2.75) is 19.9 Å². The van der Waals surface area contributed by atoms with Gasteiger partial charge in [0.2, 0.25) is 0 Å². The van der Waals surface area contributed by atoms with Gasteiger partial charge in [-0.15, -0.1) is 0 Å². The molecule has 1 saturated heterocycles. The molecule has 4 nitrogen and oxygen atoms in total. The molecule has 1 unspecified atom stereocenters. The zero-order chi connectivity index (χ0) is 15.6. The molecule has 1 heterocycles. The number of nitrogens with zero attached hydrogens (tertiary/aromatic N) is 1. The highest BCUT2D eigenvalue weighted by Crippen LogP contribution is 2.35. The van der Waals surface area contributed by atoms with Crippen LogP contribution >= 0.6 is 24.0 Å². The highest BCUT2D eigenvalue weighted by Gasteiger charge is 2.41. The van der Waals surface area contributed by atoms with Crippen molar-refractivity contribution >= 4 is 46.3 Å². The van der Waals surface area contributed by atoms with Crippen LogP contribution in [0.3, 0.4) is 0 Å². The number of hydrogen-bond donors (Lipinski definition) is 1. The number of hydrogen-bond acceptors (Lipinski definition) is 4. The molecule has 2 rings (SSSR count). The lowest BCUT2D eigenvalue weighted by Crippen LogP contribution is -2.47. The zero-order valence-electron chi connectivity index (χ0n) is 11.6. The normalized spacial score (nSPS) is 18.6. The SMILES string of the molecule is CC(C)C(C(=O)O)N1C(=O)/C(=C\c2ccccc2)SC1=S. The van der Waals surface area contributed by atoms with Gasteiger partial charge in [-0.3, -0.25) is 9.69 Å². The molecule has 0 saturated carbocycles. The van der Waals surface area contributed by atoms with Crippen LogP contribution in [-0.4, -0.2) is 32.2 Å². The summed E-state index contributed by atoms with van der Waals surface area (Å²) in [7, 11) is 0. The number of aliphatic carboxylic acids is 1. The van der Waals surface area contributed by atoms with Crippen LogP contribution in [-0.2, 0) is 9.59 Å². The summed E-state index contributed by atoms with van der Waals surface area (Å²) >= 11 is 6.33. The molecule has 0 aliphatic carbocycles. The van der Waals surface area contributed by atoms with E-state index in [0.717, 1.165) is 17.3 Å². The summed E-state index contributed by atoms with van der Waals surface area (Å²) in [6, 6.07) is 8.47. The summed E-state index contributed by atoms with van der Waals surface area (Å²) in [6.45, 7) is 3.52. The van der Waals surface area contributed by atoms with Crippen LogP contribution in [0.2, 0.25) is 0 Å². The number of benzene rings is 1. The third-order valence-electron chi connectivity index (χ3n) is 3.08. The summed E-state index contributed by atoms with van der Waals surface area (Å²) in [6.07, 6.45) is 1.73. The summed E-state index contributed by atoms with van der Waals surface area (Å²) in [5.74, 6) is -1.60. The van der Waals surface area contributed by atoms with Crippen LogP contribution in [0.1, 0.15) is 19.4 Å². The molecule has 1 aliphatic rings. The highest BCUT2D eigenvalue weighted by molar-refractivity contribution is 8.26. The predicted octanol–water partition coefficient (Wildman–Crippen LogP) is 3.00. The van der Waals surface area contributed by atoms with Crippen molar-refractivity contribution in [1.29, 1.82) is 0 Å². The van der Waals surface area contributed by atoms with Gasteiger partial charge in [0.15, 0.2) is 0 Å². The van der Waals surface area contributed by atoms with E-state index in [-0.39, 0.29) is 11.8 Å². The van der Waals surface area contributed by atoms with Gasteiger partial charge in [-0.25, -0.2) is 4.79 Å². The lowest BCUT2D eigenvalue weighted by atomic mass is 10.0. The maximum atomic E-state index is 12.5. The van der Waals surface area contributed by atoms with Crippen molar-refractivity contribution in [3.05, 3.63) is 40.8 Å². The van der Waals surface area contributed by atoms with Crippen molar-refractivity contribution in [3.63, 3.8) is 0 Å². The molecule has 1 amide bonds. The molecule has 110 valence electrons. The van der Waals surface area contributed by atoms with E-state index in [2.05, 4.69) is 0 Å². The summed E-state index contributed by atoms with van der Waals surface area (Å²) in [5, 5.41) is 9.33. The average molecular weight is 321 g/mol. The van der Waals surface area contributed by atoms with Crippen molar-refractivity contribution in [2.24, 2.45) is 5.92 Å². The Labute approximate surface area is 132 Å². The van der Waals surface area contributed by atoms with Crippen LogP contribution in [0.4, 0.5) is 0 Å². The molecule has 1 atom stereocenters. The van der Waals surface area contributed by atoms with Gasteiger partial charge in [0.1, 0.15) is 10.4 Å². The number of carboxylic acid groups (broad SMARTS) is 1. The second kappa shape index (κ2) is 6.41. The molecule has 1 aliphatic heterocycles. The Morgan fingerprint density at radius 2 is 1.95 bits per heavy atom. The lowest BCUT2D eigenvalue weighted by Gasteiger charge is -2.26. The first-order valence-corrected chi connectivity index (χ1v) is 7.69. The molecule has 6 heteroatoms. The molecular weight excluding hydrogens is 306 g/mol. The van der Waals surface area contributed by atoms with Crippen molar-refractivity contribution in [2.75, 3.05) is 0 Å². The first-order valence-electron chi connectivity index (χ1n) is 6.46. The van der Waals surface area contributed by atoms with E-state index in [4.69, 9.17) is 12.2 Å². The minimum Gasteiger partial charge on any atom is -0.480 e. The lowest BCUT2D eigenvalue weighted by molar-refractivity contribution is -0.146. The van der Waals surface area contributed by atoms with Crippen molar-refractivity contribution < 1.29 is 14.7 Å². The molecule has 1 fully saturated rings. The first-order chi connectivity index (χ1) is 9.91. The van der Waals surface area contributed by atoms with Gasteiger partial charge in [0.05, 0.1) is 4.91 Å². The minimum absolute atomic E-state index is 0.221. The zero-order valence-corrected chi connectivity index (χ0v) is 13.3. The third-order valence-corrected chi connectivity index (χ3v) is 4.41. The fourth-order valence-electron chi connectivity index (χ4n) is 2.11. The molecule has 0 bridgehead atoms. The van der Waals surface area contributed by atoms with Gasteiger partial charge in [-0.05, 0) is 17.6 Å². The number of thiocarbonyl (C=S) groups is 1. The van der Waals surface area contributed by atoms with Crippen molar-refractivity contribution in [3.8, 4) is 0 Å². The predicted molar refractivity (Wildman–Crippen MR) is 87.7 cm³/mol. The Morgan fingerprint density at radius 3 is 2.48 bits per heavy atom. The van der Waals surface area contributed by atoms with E-state index < -0.39 is 12.0 Å². The molecule has 1 N–H and O–H groups in total. The van der Waals surface area contributed by atoms with Gasteiger partial charge in [-0.1, -0.05) is 68.2 Å². The molecule has 1 aromatic carbocycles. The molecule has 0 spiro atoms.